The summed E-state index contributed by atoms with van der Waals surface area (Å²) < 4.78 is 0. The van der Waals surface area contributed by atoms with Gasteiger partial charge in [-0.1, -0.05) is 13.8 Å². The molecule has 0 heterocycles. The molecule has 4 unspecified atom stereocenters. The van der Waals surface area contributed by atoms with Crippen LogP contribution in [0.5, 0.6) is 0 Å². The quantitative estimate of drug-likeness (QED) is 0.171. The first-order chi connectivity index (χ1) is 14.5. The Bertz CT molecular complexity index is 590. The predicted molar refractivity (Wildman–Crippen MR) is 122 cm³/mol. The number of hydrogen-bond acceptors (Lipinski definition) is 7. The summed E-state index contributed by atoms with van der Waals surface area (Å²) in [7, 11) is 0. The van der Waals surface area contributed by atoms with E-state index >= 15 is 0 Å². The van der Waals surface area contributed by atoms with Gasteiger partial charge >= 0.3 is 5.97 Å². The normalized spacial score (nSPS) is 14.9. The molecule has 180 valence electrons. The molecule has 11 heteroatoms. The van der Waals surface area contributed by atoms with E-state index in [0.29, 0.717) is 38.6 Å². The topological polar surface area (TPSA) is 177 Å². The molecule has 0 fully saturated rings. The van der Waals surface area contributed by atoms with Crippen LogP contribution in [-0.2, 0) is 19.2 Å². The van der Waals surface area contributed by atoms with E-state index in [1.54, 1.807) is 11.8 Å². The van der Waals surface area contributed by atoms with Gasteiger partial charge in [0.25, 0.3) is 0 Å². The van der Waals surface area contributed by atoms with Crippen LogP contribution in [0.4, 0.5) is 0 Å². The molecule has 3 amide bonds. The first kappa shape index (κ1) is 29.1. The smallest absolute Gasteiger partial charge is 0.325 e. The first-order valence-electron chi connectivity index (χ1n) is 10.6. The highest BCUT2D eigenvalue weighted by Gasteiger charge is 2.29. The predicted octanol–water partition coefficient (Wildman–Crippen LogP) is -0.199. The number of nitrogens with two attached hydrogens (primary N) is 2. The molecular formula is C20H39N5O5S. The van der Waals surface area contributed by atoms with Crippen LogP contribution in [-0.4, -0.2) is 71.5 Å². The Balaban J connectivity index is 5.28. The highest BCUT2D eigenvalue weighted by molar-refractivity contribution is 7.98. The second kappa shape index (κ2) is 15.9. The van der Waals surface area contributed by atoms with Gasteiger partial charge in [0.1, 0.15) is 18.1 Å². The molecule has 0 aromatic carbocycles. The van der Waals surface area contributed by atoms with Crippen LogP contribution in [0.1, 0.15) is 52.9 Å². The summed E-state index contributed by atoms with van der Waals surface area (Å²) >= 11 is 1.58. The molecule has 0 aromatic heterocycles. The van der Waals surface area contributed by atoms with Gasteiger partial charge < -0.3 is 32.5 Å². The average molecular weight is 462 g/mol. The van der Waals surface area contributed by atoms with Gasteiger partial charge in [-0.15, -0.1) is 0 Å². The second-order valence-electron chi connectivity index (χ2n) is 7.99. The standard InChI is InChI=1S/C20H39N5O5S/c1-12(2)11-16(25-17(26)14(22)8-10-31-4)19(28)24-15(7-5-6-9-21)18(27)23-13(3)20(29)30/h12-16H,5-11,21-22H2,1-4H3,(H,23,27)(H,24,28)(H,25,26)(H,29,30). The van der Waals surface area contributed by atoms with Crippen LogP contribution in [0.3, 0.4) is 0 Å². The van der Waals surface area contributed by atoms with Crippen molar-refractivity contribution in [3.8, 4) is 0 Å². The number of carbonyl (C=O) groups excluding carboxylic acids is 3. The fourth-order valence-electron chi connectivity index (χ4n) is 2.77. The van der Waals surface area contributed by atoms with E-state index in [1.807, 2.05) is 20.1 Å². The van der Waals surface area contributed by atoms with Gasteiger partial charge in [-0.25, -0.2) is 0 Å². The monoisotopic (exact) mass is 461 g/mol. The summed E-state index contributed by atoms with van der Waals surface area (Å²) in [5, 5.41) is 16.8. The first-order valence-corrected chi connectivity index (χ1v) is 12.0. The molecule has 8 N–H and O–H groups in total. The van der Waals surface area contributed by atoms with Crippen LogP contribution < -0.4 is 27.4 Å². The van der Waals surface area contributed by atoms with Gasteiger partial charge in [-0.2, -0.15) is 11.8 Å². The number of amides is 3. The number of hydrogen-bond donors (Lipinski definition) is 6. The Kier molecular flexibility index (Phi) is 14.9. The van der Waals surface area contributed by atoms with E-state index in [-0.39, 0.29) is 5.92 Å². The summed E-state index contributed by atoms with van der Waals surface area (Å²) in [6, 6.07) is -3.61. The Labute approximate surface area is 189 Å². The molecule has 4 atom stereocenters. The van der Waals surface area contributed by atoms with Crippen molar-refractivity contribution in [3.63, 3.8) is 0 Å². The molecule has 0 bridgehead atoms. The molecule has 31 heavy (non-hydrogen) atoms. The molecule has 0 saturated heterocycles. The SMILES string of the molecule is CSCCC(N)C(=O)NC(CC(C)C)C(=O)NC(CCCCN)C(=O)NC(C)C(=O)O. The molecule has 0 aliphatic rings. The van der Waals surface area contributed by atoms with Crippen molar-refractivity contribution in [1.82, 2.24) is 16.0 Å². The van der Waals surface area contributed by atoms with E-state index in [4.69, 9.17) is 16.6 Å². The maximum absolute atomic E-state index is 12.9. The molecule has 10 nitrogen and oxygen atoms in total. The van der Waals surface area contributed by atoms with E-state index in [0.717, 1.165) is 5.75 Å². The number of unbranched alkanes of at least 4 members (excludes halogenated alkanes) is 1. The van der Waals surface area contributed by atoms with E-state index < -0.39 is 47.9 Å². The molecule has 0 radical (unpaired) electrons. The van der Waals surface area contributed by atoms with Crippen molar-refractivity contribution in [2.24, 2.45) is 17.4 Å². The fourth-order valence-corrected chi connectivity index (χ4v) is 3.26. The van der Waals surface area contributed by atoms with Crippen molar-refractivity contribution in [2.75, 3.05) is 18.6 Å². The van der Waals surface area contributed by atoms with Crippen LogP contribution in [0.15, 0.2) is 0 Å². The zero-order valence-electron chi connectivity index (χ0n) is 19.0. The second-order valence-corrected chi connectivity index (χ2v) is 8.98. The average Bonchev–Trinajstić information content (AvgIpc) is 2.69. The lowest BCUT2D eigenvalue weighted by Crippen LogP contribution is -2.57. The van der Waals surface area contributed by atoms with Crippen LogP contribution in [0.25, 0.3) is 0 Å². The van der Waals surface area contributed by atoms with Gasteiger partial charge in [0.05, 0.1) is 6.04 Å². The number of rotatable bonds is 16. The maximum atomic E-state index is 12.9. The number of thioether (sulfide) groups is 1. The van der Waals surface area contributed by atoms with Gasteiger partial charge in [0.15, 0.2) is 0 Å². The van der Waals surface area contributed by atoms with Gasteiger partial charge in [-0.05, 0) is 63.5 Å². The van der Waals surface area contributed by atoms with Gasteiger partial charge in [0, 0.05) is 0 Å². The Morgan fingerprint density at radius 1 is 0.903 bits per heavy atom. The van der Waals surface area contributed by atoms with Crippen molar-refractivity contribution >= 4 is 35.5 Å². The number of aliphatic carboxylic acids is 1. The zero-order chi connectivity index (χ0) is 24.0. The lowest BCUT2D eigenvalue weighted by Gasteiger charge is -2.25. The number of carboxylic acid groups (broad SMARTS) is 1. The zero-order valence-corrected chi connectivity index (χ0v) is 19.8. The molecular weight excluding hydrogens is 422 g/mol. The largest absolute Gasteiger partial charge is 0.480 e. The maximum Gasteiger partial charge on any atom is 0.325 e. The number of nitrogens with one attached hydrogen (secondary N) is 3. The van der Waals surface area contributed by atoms with Gasteiger partial charge in [0.2, 0.25) is 17.7 Å². The molecule has 0 aliphatic heterocycles. The summed E-state index contributed by atoms with van der Waals surface area (Å²) in [5.74, 6) is -1.86. The third-order valence-corrected chi connectivity index (χ3v) is 5.26. The minimum absolute atomic E-state index is 0.107. The molecule has 0 aliphatic carbocycles. The highest BCUT2D eigenvalue weighted by Crippen LogP contribution is 2.09. The van der Waals surface area contributed by atoms with Crippen LogP contribution in [0, 0.1) is 5.92 Å². The van der Waals surface area contributed by atoms with Crippen molar-refractivity contribution in [2.45, 2.75) is 77.0 Å². The van der Waals surface area contributed by atoms with Gasteiger partial charge in [-0.3, -0.25) is 19.2 Å². The van der Waals surface area contributed by atoms with Crippen molar-refractivity contribution in [3.05, 3.63) is 0 Å². The van der Waals surface area contributed by atoms with Crippen LogP contribution >= 0.6 is 11.8 Å². The van der Waals surface area contributed by atoms with Crippen molar-refractivity contribution < 1.29 is 24.3 Å². The Hall–Kier alpha value is -1.85. The third-order valence-electron chi connectivity index (χ3n) is 4.62. The summed E-state index contributed by atoms with van der Waals surface area (Å²) in [4.78, 5) is 48.9. The molecule has 0 rings (SSSR count). The number of carbonyl (C=O) groups is 4. The highest BCUT2D eigenvalue weighted by atomic mass is 32.2. The lowest BCUT2D eigenvalue weighted by atomic mass is 10.0. The molecule has 0 spiro atoms. The van der Waals surface area contributed by atoms with Crippen molar-refractivity contribution in [1.29, 1.82) is 0 Å². The minimum atomic E-state index is -1.18. The number of carboxylic acids is 1. The fraction of sp³-hybridized carbons (Fsp3) is 0.800. The van der Waals surface area contributed by atoms with E-state index in [1.165, 1.54) is 6.92 Å². The summed E-state index contributed by atoms with van der Waals surface area (Å²) in [6.45, 7) is 5.62. The summed E-state index contributed by atoms with van der Waals surface area (Å²) in [5.41, 5.74) is 11.4. The minimum Gasteiger partial charge on any atom is -0.480 e. The molecule has 0 saturated carbocycles. The Morgan fingerprint density at radius 3 is 2.00 bits per heavy atom. The third kappa shape index (κ3) is 12.6. The van der Waals surface area contributed by atoms with E-state index in [2.05, 4.69) is 16.0 Å². The Morgan fingerprint density at radius 2 is 1.48 bits per heavy atom. The lowest BCUT2D eigenvalue weighted by molar-refractivity contribution is -0.141. The molecule has 0 aromatic rings. The van der Waals surface area contributed by atoms with Crippen LogP contribution in [0.2, 0.25) is 0 Å². The summed E-state index contributed by atoms with van der Waals surface area (Å²) in [6.07, 6.45) is 4.31. The van der Waals surface area contributed by atoms with E-state index in [9.17, 15) is 19.2 Å².